The Kier molecular flexibility index (Phi) is 5.87. The minimum atomic E-state index is -0.569. The van der Waals surface area contributed by atoms with Gasteiger partial charge in [0.25, 0.3) is 5.91 Å². The molecule has 0 aliphatic carbocycles. The molecule has 0 saturated heterocycles. The average Bonchev–Trinajstić information content (AvgIpc) is 2.54. The van der Waals surface area contributed by atoms with Crippen molar-refractivity contribution >= 4 is 17.4 Å². The molecule has 0 spiro atoms. The SMILES string of the molecule is Cc1ccc(Nc2cccc(C(=O)N(CC(C)O)C(C)C)c2)nn1. The highest BCUT2D eigenvalue weighted by Gasteiger charge is 2.20. The van der Waals surface area contributed by atoms with Crippen LogP contribution in [0.15, 0.2) is 36.4 Å². The largest absolute Gasteiger partial charge is 0.392 e. The highest BCUT2D eigenvalue weighted by atomic mass is 16.3. The van der Waals surface area contributed by atoms with Crippen molar-refractivity contribution in [2.24, 2.45) is 0 Å². The van der Waals surface area contributed by atoms with E-state index in [-0.39, 0.29) is 11.9 Å². The molecular formula is C18H24N4O2. The molecule has 2 N–H and O–H groups in total. The topological polar surface area (TPSA) is 78.4 Å². The Balaban J connectivity index is 2.19. The first kappa shape index (κ1) is 17.9. The lowest BCUT2D eigenvalue weighted by atomic mass is 10.1. The summed E-state index contributed by atoms with van der Waals surface area (Å²) < 4.78 is 0. The predicted octanol–water partition coefficient (Wildman–Crippen LogP) is 2.76. The first-order valence-corrected chi connectivity index (χ1v) is 8.03. The van der Waals surface area contributed by atoms with Crippen molar-refractivity contribution in [3.8, 4) is 0 Å². The van der Waals surface area contributed by atoms with Crippen LogP contribution < -0.4 is 5.32 Å². The van der Waals surface area contributed by atoms with Crippen LogP contribution in [-0.2, 0) is 0 Å². The summed E-state index contributed by atoms with van der Waals surface area (Å²) in [5, 5.41) is 20.8. The number of hydrogen-bond donors (Lipinski definition) is 2. The number of aromatic nitrogens is 2. The van der Waals surface area contributed by atoms with Crippen molar-refractivity contribution < 1.29 is 9.90 Å². The molecule has 2 aromatic rings. The summed E-state index contributed by atoms with van der Waals surface area (Å²) in [5.41, 5.74) is 2.17. The Morgan fingerprint density at radius 2 is 1.96 bits per heavy atom. The maximum atomic E-state index is 12.7. The number of amides is 1. The normalized spacial score (nSPS) is 12.1. The monoisotopic (exact) mass is 328 g/mol. The molecule has 0 aliphatic heterocycles. The van der Waals surface area contributed by atoms with Gasteiger partial charge in [-0.3, -0.25) is 4.79 Å². The lowest BCUT2D eigenvalue weighted by Crippen LogP contribution is -2.41. The van der Waals surface area contributed by atoms with E-state index in [1.165, 1.54) is 0 Å². The van der Waals surface area contributed by atoms with Crippen molar-refractivity contribution in [3.63, 3.8) is 0 Å². The molecule has 0 radical (unpaired) electrons. The summed E-state index contributed by atoms with van der Waals surface area (Å²) in [7, 11) is 0. The number of rotatable bonds is 6. The maximum Gasteiger partial charge on any atom is 0.254 e. The van der Waals surface area contributed by atoms with E-state index in [9.17, 15) is 9.90 Å². The van der Waals surface area contributed by atoms with E-state index in [2.05, 4.69) is 15.5 Å². The molecular weight excluding hydrogens is 304 g/mol. The highest BCUT2D eigenvalue weighted by Crippen LogP contribution is 2.18. The number of nitrogens with zero attached hydrogens (tertiary/aromatic N) is 3. The second kappa shape index (κ2) is 7.88. The van der Waals surface area contributed by atoms with Crippen molar-refractivity contribution in [2.45, 2.75) is 39.8 Å². The van der Waals surface area contributed by atoms with Gasteiger partial charge in [-0.05, 0) is 58.0 Å². The Bertz CT molecular complexity index is 684. The van der Waals surface area contributed by atoms with Crippen LogP contribution in [0.3, 0.4) is 0 Å². The molecule has 0 aliphatic rings. The van der Waals surface area contributed by atoms with Crippen LogP contribution in [0.1, 0.15) is 36.8 Å². The van der Waals surface area contributed by atoms with E-state index in [1.54, 1.807) is 24.0 Å². The summed E-state index contributed by atoms with van der Waals surface area (Å²) in [4.78, 5) is 14.4. The van der Waals surface area contributed by atoms with E-state index < -0.39 is 6.10 Å². The van der Waals surface area contributed by atoms with Crippen LogP contribution in [0.2, 0.25) is 0 Å². The number of hydrogen-bond acceptors (Lipinski definition) is 5. The molecule has 0 fully saturated rings. The van der Waals surface area contributed by atoms with Gasteiger partial charge in [0.1, 0.15) is 0 Å². The van der Waals surface area contributed by atoms with Gasteiger partial charge in [-0.2, -0.15) is 5.10 Å². The molecule has 1 amide bonds. The molecule has 1 aromatic heterocycles. The number of benzene rings is 1. The lowest BCUT2D eigenvalue weighted by Gasteiger charge is -2.28. The Hall–Kier alpha value is -2.47. The second-order valence-electron chi connectivity index (χ2n) is 6.17. The summed E-state index contributed by atoms with van der Waals surface area (Å²) in [5.74, 6) is 0.513. The van der Waals surface area contributed by atoms with Crippen LogP contribution in [0.5, 0.6) is 0 Å². The van der Waals surface area contributed by atoms with Crippen LogP contribution in [0, 0.1) is 6.92 Å². The van der Waals surface area contributed by atoms with Crippen molar-refractivity contribution in [1.82, 2.24) is 15.1 Å². The number of carbonyl (C=O) groups is 1. The van der Waals surface area contributed by atoms with Gasteiger partial charge in [-0.15, -0.1) is 5.10 Å². The molecule has 0 bridgehead atoms. The fourth-order valence-electron chi connectivity index (χ4n) is 2.32. The summed E-state index contributed by atoms with van der Waals surface area (Å²) in [6.45, 7) is 7.72. The first-order chi connectivity index (χ1) is 11.4. The summed E-state index contributed by atoms with van der Waals surface area (Å²) in [6, 6.07) is 10.9. The molecule has 0 saturated carbocycles. The number of anilines is 2. The van der Waals surface area contributed by atoms with E-state index in [0.29, 0.717) is 17.9 Å². The maximum absolute atomic E-state index is 12.7. The van der Waals surface area contributed by atoms with Crippen LogP contribution in [0.25, 0.3) is 0 Å². The van der Waals surface area contributed by atoms with Crippen LogP contribution in [0.4, 0.5) is 11.5 Å². The highest BCUT2D eigenvalue weighted by molar-refractivity contribution is 5.95. The number of carbonyl (C=O) groups excluding carboxylic acids is 1. The zero-order valence-corrected chi connectivity index (χ0v) is 14.5. The standard InChI is InChI=1S/C18H24N4O2/c1-12(2)22(11-14(4)23)18(24)15-6-5-7-16(10-15)19-17-9-8-13(3)20-21-17/h5-10,12,14,23H,11H2,1-4H3,(H,19,21). The van der Waals surface area contributed by atoms with Gasteiger partial charge in [0.15, 0.2) is 5.82 Å². The van der Waals surface area contributed by atoms with Crippen molar-refractivity contribution in [3.05, 3.63) is 47.7 Å². The third kappa shape index (κ3) is 4.76. The number of aryl methyl sites for hydroxylation is 1. The smallest absolute Gasteiger partial charge is 0.254 e. The summed E-state index contributed by atoms with van der Waals surface area (Å²) >= 11 is 0. The van der Waals surface area contributed by atoms with E-state index >= 15 is 0 Å². The lowest BCUT2D eigenvalue weighted by molar-refractivity contribution is 0.0579. The van der Waals surface area contributed by atoms with Gasteiger partial charge in [-0.1, -0.05) is 6.07 Å². The van der Waals surface area contributed by atoms with E-state index in [4.69, 9.17) is 0 Å². The van der Waals surface area contributed by atoms with Gasteiger partial charge >= 0.3 is 0 Å². The Morgan fingerprint density at radius 1 is 1.21 bits per heavy atom. The molecule has 1 aromatic carbocycles. The average molecular weight is 328 g/mol. The van der Waals surface area contributed by atoms with Crippen LogP contribution >= 0.6 is 0 Å². The fourth-order valence-corrected chi connectivity index (χ4v) is 2.32. The van der Waals surface area contributed by atoms with Gasteiger partial charge in [0, 0.05) is 23.8 Å². The molecule has 128 valence electrons. The van der Waals surface area contributed by atoms with Gasteiger partial charge < -0.3 is 15.3 Å². The molecule has 6 nitrogen and oxygen atoms in total. The van der Waals surface area contributed by atoms with E-state index in [0.717, 1.165) is 11.4 Å². The molecule has 1 atom stereocenters. The minimum Gasteiger partial charge on any atom is -0.392 e. The second-order valence-corrected chi connectivity index (χ2v) is 6.17. The third-order valence-corrected chi connectivity index (χ3v) is 3.52. The van der Waals surface area contributed by atoms with Crippen molar-refractivity contribution in [2.75, 3.05) is 11.9 Å². The first-order valence-electron chi connectivity index (χ1n) is 8.03. The quantitative estimate of drug-likeness (QED) is 0.852. The van der Waals surface area contributed by atoms with Crippen LogP contribution in [-0.4, -0.2) is 44.8 Å². The molecule has 24 heavy (non-hydrogen) atoms. The minimum absolute atomic E-state index is 0.00619. The number of aliphatic hydroxyl groups excluding tert-OH is 1. The fraction of sp³-hybridized carbons (Fsp3) is 0.389. The van der Waals surface area contributed by atoms with Gasteiger partial charge in [0.2, 0.25) is 0 Å². The van der Waals surface area contributed by atoms with Gasteiger partial charge in [0.05, 0.1) is 11.8 Å². The number of nitrogens with one attached hydrogen (secondary N) is 1. The number of aliphatic hydroxyl groups is 1. The molecule has 1 heterocycles. The zero-order chi connectivity index (χ0) is 17.7. The molecule has 1 unspecified atom stereocenters. The predicted molar refractivity (Wildman–Crippen MR) is 94.3 cm³/mol. The Labute approximate surface area is 142 Å². The third-order valence-electron chi connectivity index (χ3n) is 3.52. The Morgan fingerprint density at radius 3 is 2.54 bits per heavy atom. The summed E-state index contributed by atoms with van der Waals surface area (Å²) in [6.07, 6.45) is -0.569. The van der Waals surface area contributed by atoms with Crippen molar-refractivity contribution in [1.29, 1.82) is 0 Å². The molecule has 6 heteroatoms. The van der Waals surface area contributed by atoms with E-state index in [1.807, 2.05) is 45.0 Å². The zero-order valence-electron chi connectivity index (χ0n) is 14.5. The van der Waals surface area contributed by atoms with Gasteiger partial charge in [-0.25, -0.2) is 0 Å². The molecule has 2 rings (SSSR count).